The molecule has 0 bridgehead atoms. The monoisotopic (exact) mass is 335 g/mol. The summed E-state index contributed by atoms with van der Waals surface area (Å²) >= 11 is 0. The van der Waals surface area contributed by atoms with E-state index < -0.39 is 18.0 Å². The highest BCUT2D eigenvalue weighted by Gasteiger charge is 2.37. The SMILES string of the molecule is COc1ccc(F)cc1-c1ccc(C(N)C(F)(F)F)cc1.Cl. The Morgan fingerprint density at radius 3 is 2.14 bits per heavy atom. The fraction of sp³-hybridized carbons (Fsp3) is 0.200. The summed E-state index contributed by atoms with van der Waals surface area (Å²) in [5.74, 6) is -0.0221. The third kappa shape index (κ3) is 3.90. The molecule has 0 radical (unpaired) electrons. The lowest BCUT2D eigenvalue weighted by atomic mass is 10.00. The maximum absolute atomic E-state index is 13.3. The second-order valence-electron chi connectivity index (χ2n) is 4.49. The van der Waals surface area contributed by atoms with E-state index in [1.165, 1.54) is 49.6 Å². The van der Waals surface area contributed by atoms with Gasteiger partial charge in [0.05, 0.1) is 7.11 Å². The van der Waals surface area contributed by atoms with E-state index in [9.17, 15) is 17.6 Å². The van der Waals surface area contributed by atoms with Crippen LogP contribution in [0.25, 0.3) is 11.1 Å². The van der Waals surface area contributed by atoms with Crippen LogP contribution in [-0.4, -0.2) is 13.3 Å². The zero-order chi connectivity index (χ0) is 15.6. The fourth-order valence-corrected chi connectivity index (χ4v) is 1.96. The molecule has 0 aliphatic carbocycles. The minimum Gasteiger partial charge on any atom is -0.496 e. The Kier molecular flexibility index (Phi) is 5.79. The Morgan fingerprint density at radius 2 is 1.64 bits per heavy atom. The second-order valence-corrected chi connectivity index (χ2v) is 4.49. The molecule has 0 spiro atoms. The van der Waals surface area contributed by atoms with Crippen LogP contribution >= 0.6 is 12.4 Å². The average molecular weight is 336 g/mol. The fourth-order valence-electron chi connectivity index (χ4n) is 1.96. The van der Waals surface area contributed by atoms with Gasteiger partial charge < -0.3 is 10.5 Å². The highest BCUT2D eigenvalue weighted by molar-refractivity contribution is 5.85. The maximum Gasteiger partial charge on any atom is 0.407 e. The summed E-state index contributed by atoms with van der Waals surface area (Å²) in [6.45, 7) is 0. The number of halogens is 5. The van der Waals surface area contributed by atoms with Crippen molar-refractivity contribution >= 4 is 12.4 Å². The van der Waals surface area contributed by atoms with Gasteiger partial charge in [0, 0.05) is 5.56 Å². The van der Waals surface area contributed by atoms with E-state index in [0.717, 1.165) is 0 Å². The molecule has 7 heteroatoms. The van der Waals surface area contributed by atoms with Crippen molar-refractivity contribution in [1.82, 2.24) is 0 Å². The zero-order valence-electron chi connectivity index (χ0n) is 11.5. The van der Waals surface area contributed by atoms with Crippen LogP contribution in [-0.2, 0) is 0 Å². The Morgan fingerprint density at radius 1 is 1.05 bits per heavy atom. The van der Waals surface area contributed by atoms with Gasteiger partial charge in [-0.25, -0.2) is 4.39 Å². The summed E-state index contributed by atoms with van der Waals surface area (Å²) in [6.07, 6.45) is -4.50. The first kappa shape index (κ1) is 18.3. The van der Waals surface area contributed by atoms with E-state index in [2.05, 4.69) is 0 Å². The lowest BCUT2D eigenvalue weighted by Gasteiger charge is -2.16. The Balaban J connectivity index is 0.00000242. The average Bonchev–Trinajstić information content (AvgIpc) is 2.45. The molecule has 120 valence electrons. The molecule has 22 heavy (non-hydrogen) atoms. The van der Waals surface area contributed by atoms with Crippen molar-refractivity contribution in [2.45, 2.75) is 12.2 Å². The van der Waals surface area contributed by atoms with Gasteiger partial charge in [-0.05, 0) is 29.3 Å². The van der Waals surface area contributed by atoms with Crippen LogP contribution in [0.1, 0.15) is 11.6 Å². The highest BCUT2D eigenvalue weighted by atomic mass is 35.5. The van der Waals surface area contributed by atoms with Gasteiger partial charge in [-0.1, -0.05) is 24.3 Å². The van der Waals surface area contributed by atoms with Gasteiger partial charge >= 0.3 is 6.18 Å². The molecule has 2 N–H and O–H groups in total. The van der Waals surface area contributed by atoms with Crippen molar-refractivity contribution in [3.05, 3.63) is 53.8 Å². The molecule has 2 aromatic rings. The number of methoxy groups -OCH3 is 1. The lowest BCUT2D eigenvalue weighted by molar-refractivity contribution is -0.149. The number of nitrogens with two attached hydrogens (primary N) is 1. The van der Waals surface area contributed by atoms with Crippen molar-refractivity contribution < 1.29 is 22.3 Å². The van der Waals surface area contributed by atoms with Gasteiger partial charge in [0.15, 0.2) is 0 Å². The number of alkyl halides is 3. The van der Waals surface area contributed by atoms with Crippen molar-refractivity contribution in [3.8, 4) is 16.9 Å². The van der Waals surface area contributed by atoms with Crippen LogP contribution in [0.4, 0.5) is 17.6 Å². The van der Waals surface area contributed by atoms with Crippen molar-refractivity contribution in [2.24, 2.45) is 5.73 Å². The third-order valence-electron chi connectivity index (χ3n) is 3.09. The molecule has 0 saturated carbocycles. The predicted octanol–water partition coefficient (Wildman–Crippen LogP) is 4.49. The summed E-state index contributed by atoms with van der Waals surface area (Å²) < 4.78 is 56.0. The minimum absolute atomic E-state index is 0. The van der Waals surface area contributed by atoms with Crippen LogP contribution in [0.3, 0.4) is 0 Å². The highest BCUT2D eigenvalue weighted by Crippen LogP contribution is 2.34. The summed E-state index contributed by atoms with van der Waals surface area (Å²) in [6, 6.07) is 7.39. The van der Waals surface area contributed by atoms with Gasteiger partial charge in [-0.3, -0.25) is 0 Å². The standard InChI is InChI=1S/C15H13F4NO.ClH/c1-21-13-7-6-11(16)8-12(13)9-2-4-10(5-3-9)14(20)15(17,18)19;/h2-8,14H,20H2,1H3;1H. The Bertz CT molecular complexity index is 628. The molecule has 2 aromatic carbocycles. The van der Waals surface area contributed by atoms with E-state index in [1.54, 1.807) is 0 Å². The molecule has 2 rings (SSSR count). The summed E-state index contributed by atoms with van der Waals surface area (Å²) in [5.41, 5.74) is 6.09. The first-order chi connectivity index (χ1) is 9.82. The van der Waals surface area contributed by atoms with Crippen LogP contribution in [0.5, 0.6) is 5.75 Å². The number of benzene rings is 2. The van der Waals surface area contributed by atoms with Gasteiger partial charge in [0.1, 0.15) is 17.6 Å². The molecule has 2 nitrogen and oxygen atoms in total. The van der Waals surface area contributed by atoms with E-state index in [1.807, 2.05) is 0 Å². The molecule has 0 saturated heterocycles. The second kappa shape index (κ2) is 6.98. The number of hydrogen-bond acceptors (Lipinski definition) is 2. The summed E-state index contributed by atoms with van der Waals surface area (Å²) in [4.78, 5) is 0. The summed E-state index contributed by atoms with van der Waals surface area (Å²) in [5, 5.41) is 0. The zero-order valence-corrected chi connectivity index (χ0v) is 12.3. The smallest absolute Gasteiger partial charge is 0.407 e. The van der Waals surface area contributed by atoms with E-state index in [-0.39, 0.29) is 18.0 Å². The van der Waals surface area contributed by atoms with Crippen LogP contribution in [0.2, 0.25) is 0 Å². The molecule has 1 unspecified atom stereocenters. The largest absolute Gasteiger partial charge is 0.496 e. The number of ether oxygens (including phenoxy) is 1. The van der Waals surface area contributed by atoms with E-state index in [4.69, 9.17) is 10.5 Å². The minimum atomic E-state index is -4.50. The molecule has 0 heterocycles. The van der Waals surface area contributed by atoms with Crippen LogP contribution in [0, 0.1) is 5.82 Å². The first-order valence-corrected chi connectivity index (χ1v) is 6.09. The predicted molar refractivity (Wildman–Crippen MR) is 78.6 cm³/mol. The number of rotatable bonds is 3. The molecule has 0 aliphatic rings. The van der Waals surface area contributed by atoms with E-state index in [0.29, 0.717) is 16.9 Å². The van der Waals surface area contributed by atoms with Crippen LogP contribution < -0.4 is 10.5 Å². The quantitative estimate of drug-likeness (QED) is 0.839. The Hall–Kier alpha value is -1.79. The number of hydrogen-bond donors (Lipinski definition) is 1. The van der Waals surface area contributed by atoms with Crippen molar-refractivity contribution in [1.29, 1.82) is 0 Å². The van der Waals surface area contributed by atoms with E-state index >= 15 is 0 Å². The maximum atomic E-state index is 13.3. The molecule has 0 fully saturated rings. The van der Waals surface area contributed by atoms with Gasteiger partial charge in [-0.15, -0.1) is 12.4 Å². The van der Waals surface area contributed by atoms with Crippen LogP contribution in [0.15, 0.2) is 42.5 Å². The van der Waals surface area contributed by atoms with Crippen molar-refractivity contribution in [3.63, 3.8) is 0 Å². The molecule has 0 aromatic heterocycles. The molecular formula is C15H14ClF4NO. The van der Waals surface area contributed by atoms with Gasteiger partial charge in [0.2, 0.25) is 0 Å². The first-order valence-electron chi connectivity index (χ1n) is 6.09. The molecule has 1 atom stereocenters. The molecular weight excluding hydrogens is 322 g/mol. The topological polar surface area (TPSA) is 35.2 Å². The normalized spacial score (nSPS) is 12.5. The molecule has 0 aliphatic heterocycles. The van der Waals surface area contributed by atoms with Gasteiger partial charge in [-0.2, -0.15) is 13.2 Å². The Labute approximate surface area is 131 Å². The molecule has 0 amide bonds. The van der Waals surface area contributed by atoms with Crippen molar-refractivity contribution in [2.75, 3.05) is 7.11 Å². The third-order valence-corrected chi connectivity index (χ3v) is 3.09. The summed E-state index contributed by atoms with van der Waals surface area (Å²) in [7, 11) is 1.44. The van der Waals surface area contributed by atoms with Gasteiger partial charge in [0.25, 0.3) is 0 Å². The lowest BCUT2D eigenvalue weighted by Crippen LogP contribution is -2.28.